The van der Waals surface area contributed by atoms with Gasteiger partial charge in [0, 0.05) is 18.5 Å². The van der Waals surface area contributed by atoms with Gasteiger partial charge in [0.1, 0.15) is 11.5 Å². The maximum Gasteiger partial charge on any atom is 0.224 e. The molecule has 6 heteroatoms. The van der Waals surface area contributed by atoms with E-state index in [1.165, 1.54) is 4.90 Å². The SMILES string of the molecule is C[NH+]1CCN(C(=O)CCC(=O)Nc2ccc(Oc3ccccc3)cc2)CC1. The first-order valence-electron chi connectivity index (χ1n) is 9.32. The number of hydrogen-bond donors (Lipinski definition) is 2. The van der Waals surface area contributed by atoms with Gasteiger partial charge in [-0.15, -0.1) is 0 Å². The highest BCUT2D eigenvalue weighted by Gasteiger charge is 2.21. The maximum absolute atomic E-state index is 12.2. The Morgan fingerprint density at radius 2 is 1.59 bits per heavy atom. The Kier molecular flexibility index (Phi) is 6.44. The minimum atomic E-state index is -0.153. The van der Waals surface area contributed by atoms with Gasteiger partial charge < -0.3 is 19.9 Å². The molecule has 1 fully saturated rings. The quantitative estimate of drug-likeness (QED) is 0.813. The summed E-state index contributed by atoms with van der Waals surface area (Å²) in [6, 6.07) is 16.7. The molecule has 2 aromatic rings. The van der Waals surface area contributed by atoms with Gasteiger partial charge in [-0.05, 0) is 36.4 Å². The number of carbonyl (C=O) groups excluding carboxylic acids is 2. The molecule has 2 N–H and O–H groups in total. The van der Waals surface area contributed by atoms with Crippen molar-refractivity contribution in [2.24, 2.45) is 0 Å². The third-order valence-electron chi connectivity index (χ3n) is 4.65. The number of carbonyl (C=O) groups is 2. The fourth-order valence-corrected chi connectivity index (χ4v) is 2.97. The van der Waals surface area contributed by atoms with Crippen LogP contribution >= 0.6 is 0 Å². The predicted molar refractivity (Wildman–Crippen MR) is 104 cm³/mol. The van der Waals surface area contributed by atoms with E-state index in [2.05, 4.69) is 12.4 Å². The Morgan fingerprint density at radius 3 is 2.26 bits per heavy atom. The van der Waals surface area contributed by atoms with Crippen LogP contribution in [0.3, 0.4) is 0 Å². The van der Waals surface area contributed by atoms with Crippen LogP contribution in [-0.4, -0.2) is 49.9 Å². The molecule has 0 spiro atoms. The average Bonchev–Trinajstić information content (AvgIpc) is 2.69. The molecule has 3 rings (SSSR count). The van der Waals surface area contributed by atoms with E-state index < -0.39 is 0 Å². The second kappa shape index (κ2) is 9.19. The molecule has 0 bridgehead atoms. The molecule has 6 nitrogen and oxygen atoms in total. The molecular weight excluding hydrogens is 342 g/mol. The summed E-state index contributed by atoms with van der Waals surface area (Å²) in [4.78, 5) is 27.6. The van der Waals surface area contributed by atoms with Crippen molar-refractivity contribution >= 4 is 17.5 Å². The summed E-state index contributed by atoms with van der Waals surface area (Å²) in [7, 11) is 2.13. The van der Waals surface area contributed by atoms with Crippen LogP contribution < -0.4 is 15.0 Å². The molecule has 0 aromatic heterocycles. The Balaban J connectivity index is 1.43. The minimum absolute atomic E-state index is 0.0595. The van der Waals surface area contributed by atoms with Gasteiger partial charge in [-0.1, -0.05) is 18.2 Å². The van der Waals surface area contributed by atoms with Crippen LogP contribution in [0, 0.1) is 0 Å². The molecule has 27 heavy (non-hydrogen) atoms. The number of nitrogens with one attached hydrogen (secondary N) is 2. The Bertz CT molecular complexity index is 754. The molecule has 1 heterocycles. The molecule has 2 amide bonds. The van der Waals surface area contributed by atoms with E-state index in [0.717, 1.165) is 31.9 Å². The van der Waals surface area contributed by atoms with E-state index in [1.54, 1.807) is 24.3 Å². The van der Waals surface area contributed by atoms with Gasteiger partial charge in [-0.2, -0.15) is 0 Å². The average molecular weight is 368 g/mol. The van der Waals surface area contributed by atoms with Crippen LogP contribution in [0.15, 0.2) is 54.6 Å². The van der Waals surface area contributed by atoms with E-state index in [4.69, 9.17) is 4.74 Å². The molecular formula is C21H26N3O3+. The molecule has 2 aromatic carbocycles. The Hall–Kier alpha value is -2.86. The van der Waals surface area contributed by atoms with Crippen LogP contribution in [0.4, 0.5) is 5.69 Å². The van der Waals surface area contributed by atoms with Crippen LogP contribution in [0.25, 0.3) is 0 Å². The van der Waals surface area contributed by atoms with Crippen molar-refractivity contribution in [1.29, 1.82) is 0 Å². The largest absolute Gasteiger partial charge is 0.457 e. The summed E-state index contributed by atoms with van der Waals surface area (Å²) in [5, 5.41) is 2.83. The molecule has 142 valence electrons. The Morgan fingerprint density at radius 1 is 0.963 bits per heavy atom. The molecule has 0 radical (unpaired) electrons. The zero-order valence-corrected chi connectivity index (χ0v) is 15.6. The zero-order valence-electron chi connectivity index (χ0n) is 15.6. The normalized spacial score (nSPS) is 14.6. The highest BCUT2D eigenvalue weighted by molar-refractivity contribution is 5.93. The standard InChI is InChI=1S/C21H25N3O3/c1-23-13-15-24(16-14-23)21(26)12-11-20(25)22-17-7-9-19(10-8-17)27-18-5-3-2-4-6-18/h2-10H,11-16H2,1H3,(H,22,25)/p+1. The van der Waals surface area contributed by atoms with Crippen molar-refractivity contribution < 1.29 is 19.2 Å². The van der Waals surface area contributed by atoms with Gasteiger partial charge >= 0.3 is 0 Å². The van der Waals surface area contributed by atoms with Crippen LogP contribution in [0.5, 0.6) is 11.5 Å². The van der Waals surface area contributed by atoms with Gasteiger partial charge in [0.15, 0.2) is 0 Å². The number of nitrogens with zero attached hydrogens (tertiary/aromatic N) is 1. The lowest BCUT2D eigenvalue weighted by molar-refractivity contribution is -0.883. The number of likely N-dealkylation sites (N-methyl/N-ethyl adjacent to an activating group) is 1. The molecule has 0 atom stereocenters. The monoisotopic (exact) mass is 368 g/mol. The lowest BCUT2D eigenvalue weighted by atomic mass is 10.2. The van der Waals surface area contributed by atoms with Crippen LogP contribution in [0.1, 0.15) is 12.8 Å². The first kappa shape index (κ1) is 18.9. The summed E-state index contributed by atoms with van der Waals surface area (Å²) in [5.74, 6) is 1.37. The number of rotatable bonds is 6. The van der Waals surface area contributed by atoms with Gasteiger partial charge in [0.05, 0.1) is 33.2 Å². The number of anilines is 1. The topological polar surface area (TPSA) is 63.1 Å². The fourth-order valence-electron chi connectivity index (χ4n) is 2.97. The number of para-hydroxylation sites is 1. The lowest BCUT2D eigenvalue weighted by Gasteiger charge is -2.30. The summed E-state index contributed by atoms with van der Waals surface area (Å²) in [5.41, 5.74) is 0.691. The number of hydrogen-bond acceptors (Lipinski definition) is 3. The van der Waals surface area contributed by atoms with Gasteiger partial charge in [-0.25, -0.2) is 0 Å². The van der Waals surface area contributed by atoms with Gasteiger partial charge in [0.25, 0.3) is 0 Å². The number of benzene rings is 2. The maximum atomic E-state index is 12.2. The van der Waals surface area contributed by atoms with Crippen LogP contribution in [0.2, 0.25) is 0 Å². The van der Waals surface area contributed by atoms with E-state index in [-0.39, 0.29) is 24.7 Å². The molecule has 0 unspecified atom stereocenters. The summed E-state index contributed by atoms with van der Waals surface area (Å²) >= 11 is 0. The first-order chi connectivity index (χ1) is 13.1. The predicted octanol–water partition coefficient (Wildman–Crippen LogP) is 1.55. The second-order valence-electron chi connectivity index (χ2n) is 6.83. The summed E-state index contributed by atoms with van der Waals surface area (Å²) in [6.07, 6.45) is 0.445. The number of piperazine rings is 1. The summed E-state index contributed by atoms with van der Waals surface area (Å²) < 4.78 is 5.73. The fraction of sp³-hybridized carbons (Fsp3) is 0.333. The highest BCUT2D eigenvalue weighted by Crippen LogP contribution is 2.22. The molecule has 1 aliphatic rings. The van der Waals surface area contributed by atoms with E-state index in [0.29, 0.717) is 11.4 Å². The third-order valence-corrected chi connectivity index (χ3v) is 4.65. The van der Waals surface area contributed by atoms with Gasteiger partial charge in [0.2, 0.25) is 11.8 Å². The lowest BCUT2D eigenvalue weighted by Crippen LogP contribution is -3.12. The first-order valence-corrected chi connectivity index (χ1v) is 9.32. The number of quaternary nitrogens is 1. The highest BCUT2D eigenvalue weighted by atomic mass is 16.5. The van der Waals surface area contributed by atoms with Crippen molar-refractivity contribution in [3.8, 4) is 11.5 Å². The van der Waals surface area contributed by atoms with Crippen molar-refractivity contribution in [3.63, 3.8) is 0 Å². The summed E-state index contributed by atoms with van der Waals surface area (Å²) in [6.45, 7) is 3.48. The second-order valence-corrected chi connectivity index (χ2v) is 6.83. The zero-order chi connectivity index (χ0) is 19.1. The van der Waals surface area contributed by atoms with E-state index in [9.17, 15) is 9.59 Å². The van der Waals surface area contributed by atoms with Crippen molar-refractivity contribution in [3.05, 3.63) is 54.6 Å². The number of ether oxygens (including phenoxy) is 1. The minimum Gasteiger partial charge on any atom is -0.457 e. The third kappa shape index (κ3) is 5.82. The number of amides is 2. The molecule has 1 saturated heterocycles. The van der Waals surface area contributed by atoms with E-state index in [1.807, 2.05) is 35.2 Å². The molecule has 0 saturated carbocycles. The molecule has 1 aliphatic heterocycles. The van der Waals surface area contributed by atoms with E-state index >= 15 is 0 Å². The van der Waals surface area contributed by atoms with Crippen molar-refractivity contribution in [2.45, 2.75) is 12.8 Å². The van der Waals surface area contributed by atoms with Crippen molar-refractivity contribution in [2.75, 3.05) is 38.5 Å². The van der Waals surface area contributed by atoms with Gasteiger partial charge in [-0.3, -0.25) is 9.59 Å². The van der Waals surface area contributed by atoms with Crippen molar-refractivity contribution in [1.82, 2.24) is 4.90 Å². The van der Waals surface area contributed by atoms with Crippen LogP contribution in [-0.2, 0) is 9.59 Å². The molecule has 0 aliphatic carbocycles. The Labute approximate surface area is 159 Å². The smallest absolute Gasteiger partial charge is 0.224 e.